The van der Waals surface area contributed by atoms with Gasteiger partial charge in [-0.05, 0) is 31.8 Å². The van der Waals surface area contributed by atoms with Crippen molar-refractivity contribution in [2.45, 2.75) is 26.7 Å². The second-order valence-corrected chi connectivity index (χ2v) is 2.64. The molecule has 2 nitrogen and oxygen atoms in total. The largest absolute Gasteiger partial charge is 0.542 e. The summed E-state index contributed by atoms with van der Waals surface area (Å²) in [6, 6.07) is 0. The summed E-state index contributed by atoms with van der Waals surface area (Å²) in [7, 11) is 0. The van der Waals surface area contributed by atoms with E-state index in [4.69, 9.17) is 4.79 Å². The summed E-state index contributed by atoms with van der Waals surface area (Å²) in [6.07, 6.45) is 4.25. The van der Waals surface area contributed by atoms with Crippen LogP contribution in [-0.2, 0) is 37.5 Å². The van der Waals surface area contributed by atoms with E-state index >= 15 is 0 Å². The average molecular weight is 231 g/mol. The summed E-state index contributed by atoms with van der Waals surface area (Å²) in [6.45, 7) is 6.11. The summed E-state index contributed by atoms with van der Waals surface area (Å²) in [5.41, 5.74) is 0. The van der Waals surface area contributed by atoms with E-state index < -0.39 is 0 Å². The summed E-state index contributed by atoms with van der Waals surface area (Å²) < 4.78 is 0. The fourth-order valence-corrected chi connectivity index (χ4v) is 0.966. The number of piperidine rings is 1. The van der Waals surface area contributed by atoms with Crippen LogP contribution in [0.4, 0.5) is 0 Å². The normalized spacial score (nSPS) is 17.3. The maximum atomic E-state index is 8.68. The van der Waals surface area contributed by atoms with Crippen LogP contribution in [0.25, 0.3) is 0 Å². The van der Waals surface area contributed by atoms with Gasteiger partial charge in [0.15, 0.2) is 0 Å². The minimum atomic E-state index is 0. The molecule has 1 saturated heterocycles. The molecule has 63 valence electrons. The monoisotopic (exact) mass is 231 g/mol. The molecule has 1 aliphatic rings. The zero-order valence-corrected chi connectivity index (χ0v) is 10.2. The molecule has 0 aromatic heterocycles. The van der Waals surface area contributed by atoms with Gasteiger partial charge in [0.1, 0.15) is 0 Å². The van der Waals surface area contributed by atoms with Crippen LogP contribution < -0.4 is 5.32 Å². The molecule has 0 unspecified atom stereocenters. The van der Waals surface area contributed by atoms with Crippen molar-refractivity contribution in [3.8, 4) is 0 Å². The molecule has 1 rings (SSSR count). The minimum Gasteiger partial charge on any atom is -0.542 e. The molecule has 3 heteroatoms. The molecule has 0 spiro atoms. The fraction of sp³-hybridized carbons (Fsp3) is 0.875. The molecule has 0 saturated carbocycles. The molecular weight excluding hydrogens is 215 g/mol. The third-order valence-corrected chi connectivity index (χ3v) is 1.63. The van der Waals surface area contributed by atoms with Crippen molar-refractivity contribution >= 4 is 6.29 Å². The Labute approximate surface area is 94.4 Å². The van der Waals surface area contributed by atoms with E-state index in [1.807, 2.05) is 0 Å². The van der Waals surface area contributed by atoms with Gasteiger partial charge in [0, 0.05) is 32.7 Å². The smallest absolute Gasteiger partial charge is 0 e. The Morgan fingerprint density at radius 1 is 1.36 bits per heavy atom. The van der Waals surface area contributed by atoms with Crippen LogP contribution in [-0.4, -0.2) is 19.4 Å². The minimum absolute atomic E-state index is 0. The van der Waals surface area contributed by atoms with Crippen molar-refractivity contribution in [1.82, 2.24) is 5.32 Å². The molecule has 1 heterocycles. The van der Waals surface area contributed by atoms with E-state index in [-0.39, 0.29) is 32.7 Å². The third kappa shape index (κ3) is 10.7. The molecule has 11 heavy (non-hydrogen) atoms. The number of carbonyl (C=O) groups excluding carboxylic acids is 1. The van der Waals surface area contributed by atoms with E-state index in [9.17, 15) is 0 Å². The molecular formula is C8H16NOY-. The van der Waals surface area contributed by atoms with Crippen LogP contribution in [0.15, 0.2) is 0 Å². The molecule has 0 aromatic carbocycles. The summed E-state index contributed by atoms with van der Waals surface area (Å²) >= 11 is 0. The molecule has 1 aliphatic heterocycles. The van der Waals surface area contributed by atoms with Crippen molar-refractivity contribution in [3.05, 3.63) is 0 Å². The van der Waals surface area contributed by atoms with Gasteiger partial charge in [0.05, 0.1) is 0 Å². The number of hydrogen-bond acceptors (Lipinski definition) is 2. The quantitative estimate of drug-likeness (QED) is 0.633. The van der Waals surface area contributed by atoms with Crippen LogP contribution in [0.2, 0.25) is 0 Å². The zero-order chi connectivity index (χ0) is 7.82. The van der Waals surface area contributed by atoms with Gasteiger partial charge in [0.2, 0.25) is 0 Å². The maximum Gasteiger partial charge on any atom is 0 e. The van der Waals surface area contributed by atoms with E-state index in [1.165, 1.54) is 39.1 Å². The molecule has 1 fully saturated rings. The van der Waals surface area contributed by atoms with Gasteiger partial charge in [-0.15, -0.1) is 0 Å². The van der Waals surface area contributed by atoms with E-state index in [1.54, 1.807) is 0 Å². The van der Waals surface area contributed by atoms with Crippen LogP contribution in [0, 0.1) is 5.92 Å². The topological polar surface area (TPSA) is 29.1 Å². The Kier molecular flexibility index (Phi) is 13.9. The number of rotatable bonds is 0. The fourth-order valence-electron chi connectivity index (χ4n) is 0.966. The van der Waals surface area contributed by atoms with Gasteiger partial charge < -0.3 is 10.1 Å². The molecule has 0 aliphatic carbocycles. The van der Waals surface area contributed by atoms with Gasteiger partial charge in [-0.2, -0.15) is 6.92 Å². The standard InChI is InChI=1S/C6H13N.C2H3O.Y/c1-6-2-4-7-5-3-6;1-2-3;/h6-7H,2-5H2,1H3;1H3;/q;-1;. The number of nitrogens with one attached hydrogen (secondary N) is 1. The van der Waals surface area contributed by atoms with Gasteiger partial charge >= 0.3 is 0 Å². The van der Waals surface area contributed by atoms with Crippen LogP contribution in [0.5, 0.6) is 0 Å². The summed E-state index contributed by atoms with van der Waals surface area (Å²) in [5, 5.41) is 3.32. The van der Waals surface area contributed by atoms with Crippen molar-refractivity contribution in [2.75, 3.05) is 13.1 Å². The van der Waals surface area contributed by atoms with Crippen molar-refractivity contribution < 1.29 is 37.5 Å². The number of hydrogen-bond donors (Lipinski definition) is 1. The first-order chi connectivity index (χ1) is 4.81. The molecule has 0 aromatic rings. The van der Waals surface area contributed by atoms with E-state index in [0.717, 1.165) is 5.92 Å². The average Bonchev–Trinajstić information content (AvgIpc) is 1.91. The Hall–Kier alpha value is 0.734. The third-order valence-electron chi connectivity index (χ3n) is 1.63. The van der Waals surface area contributed by atoms with Crippen molar-refractivity contribution in [2.24, 2.45) is 5.92 Å². The Balaban J connectivity index is 0. The molecule has 1 N–H and O–H groups in total. The Morgan fingerprint density at radius 3 is 1.91 bits per heavy atom. The van der Waals surface area contributed by atoms with Gasteiger partial charge in [0.25, 0.3) is 0 Å². The van der Waals surface area contributed by atoms with Gasteiger partial charge in [-0.1, -0.05) is 6.92 Å². The first-order valence-electron chi connectivity index (χ1n) is 3.81. The van der Waals surface area contributed by atoms with Crippen LogP contribution in [0.1, 0.15) is 26.7 Å². The molecule has 1 radical (unpaired) electrons. The summed E-state index contributed by atoms with van der Waals surface area (Å²) in [5.74, 6) is 0.973. The van der Waals surface area contributed by atoms with Crippen LogP contribution in [0.3, 0.4) is 0 Å². The van der Waals surface area contributed by atoms with Gasteiger partial charge in [-0.3, -0.25) is 6.29 Å². The molecule has 0 atom stereocenters. The Bertz CT molecular complexity index is 82.2. The second kappa shape index (κ2) is 10.7. The van der Waals surface area contributed by atoms with Crippen molar-refractivity contribution in [1.29, 1.82) is 0 Å². The first kappa shape index (κ1) is 14.3. The molecule has 0 amide bonds. The first-order valence-corrected chi connectivity index (χ1v) is 3.81. The predicted octanol–water partition coefficient (Wildman–Crippen LogP) is 1.12. The Morgan fingerprint density at radius 2 is 1.73 bits per heavy atom. The van der Waals surface area contributed by atoms with E-state index in [2.05, 4.69) is 12.2 Å². The zero-order valence-electron chi connectivity index (χ0n) is 7.39. The van der Waals surface area contributed by atoms with Crippen LogP contribution >= 0.6 is 0 Å². The molecule has 0 bridgehead atoms. The second-order valence-electron chi connectivity index (χ2n) is 2.64. The predicted molar refractivity (Wildman–Crippen MR) is 42.6 cm³/mol. The van der Waals surface area contributed by atoms with E-state index in [0.29, 0.717) is 0 Å². The van der Waals surface area contributed by atoms with Gasteiger partial charge in [-0.25, -0.2) is 0 Å². The van der Waals surface area contributed by atoms with Crippen molar-refractivity contribution in [3.63, 3.8) is 0 Å². The maximum absolute atomic E-state index is 8.68. The SMILES string of the molecule is CC1CCNCC1.C[C-]=O.[Y]. The summed E-state index contributed by atoms with van der Waals surface area (Å²) in [4.78, 5) is 8.68.